The molecule has 0 saturated carbocycles. The van der Waals surface area contributed by atoms with Gasteiger partial charge in [-0.1, -0.05) is 49.6 Å². The van der Waals surface area contributed by atoms with Crippen molar-refractivity contribution < 1.29 is 13.5 Å². The van der Waals surface area contributed by atoms with Crippen LogP contribution >= 0.6 is 0 Å². The van der Waals surface area contributed by atoms with Crippen molar-refractivity contribution in [2.24, 2.45) is 10.7 Å². The minimum atomic E-state index is -1.02. The third kappa shape index (κ3) is 5.81. The van der Waals surface area contributed by atoms with Gasteiger partial charge >= 0.3 is 0 Å². The Kier molecular flexibility index (Phi) is 8.14. The number of halogens is 2. The first-order valence-electron chi connectivity index (χ1n) is 11.5. The lowest BCUT2D eigenvalue weighted by Crippen LogP contribution is -2.35. The van der Waals surface area contributed by atoms with Crippen LogP contribution in [0.5, 0.6) is 0 Å². The second-order valence-electron chi connectivity index (χ2n) is 8.30. The summed E-state index contributed by atoms with van der Waals surface area (Å²) in [7, 11) is 0. The van der Waals surface area contributed by atoms with Crippen LogP contribution in [-0.4, -0.2) is 52.2 Å². The van der Waals surface area contributed by atoms with E-state index in [4.69, 9.17) is 10.5 Å². The molecule has 4 rings (SSSR count). The monoisotopic (exact) mass is 490 g/mol. The molecule has 2 heterocycles. The van der Waals surface area contributed by atoms with Crippen LogP contribution in [0.3, 0.4) is 0 Å². The zero-order valence-corrected chi connectivity index (χ0v) is 19.9. The number of ether oxygens (including phenoxy) is 1. The molecule has 1 fully saturated rings. The number of hydrogen-bond donors (Lipinski definition) is 1. The molecule has 9 heteroatoms. The van der Waals surface area contributed by atoms with E-state index in [1.807, 2.05) is 0 Å². The Morgan fingerprint density at radius 1 is 1.11 bits per heavy atom. The molecule has 7 nitrogen and oxygen atoms in total. The average Bonchev–Trinajstić information content (AvgIpc) is 3.37. The van der Waals surface area contributed by atoms with Crippen LogP contribution in [0, 0.1) is 11.6 Å². The van der Waals surface area contributed by atoms with Crippen molar-refractivity contribution in [1.82, 2.24) is 19.7 Å². The Hall–Kier alpha value is -3.95. The molecule has 1 saturated heterocycles. The molecule has 1 aliphatic heterocycles. The smallest absolute Gasteiger partial charge is 0.182 e. The Balaban J connectivity index is 1.45. The van der Waals surface area contributed by atoms with Gasteiger partial charge in [0.25, 0.3) is 0 Å². The summed E-state index contributed by atoms with van der Waals surface area (Å²) in [5.41, 5.74) is 9.26. The normalized spacial score (nSPS) is 15.2. The van der Waals surface area contributed by atoms with E-state index >= 15 is 0 Å². The summed E-state index contributed by atoms with van der Waals surface area (Å²) in [6.45, 7) is 12.2. The fraction of sp³-hybridized carbons (Fsp3) is 0.222. The highest BCUT2D eigenvalue weighted by Gasteiger charge is 2.18. The molecule has 2 N–H and O–H groups in total. The van der Waals surface area contributed by atoms with Gasteiger partial charge in [-0.15, -0.1) is 10.2 Å². The maximum absolute atomic E-state index is 14.4. The highest BCUT2D eigenvalue weighted by atomic mass is 19.2. The van der Waals surface area contributed by atoms with Crippen molar-refractivity contribution in [3.63, 3.8) is 0 Å². The molecule has 1 aliphatic rings. The van der Waals surface area contributed by atoms with Gasteiger partial charge in [-0.05, 0) is 23.3 Å². The Morgan fingerprint density at radius 3 is 2.56 bits per heavy atom. The van der Waals surface area contributed by atoms with Crippen LogP contribution in [0.4, 0.5) is 8.78 Å². The lowest BCUT2D eigenvalue weighted by atomic mass is 10.1. The van der Waals surface area contributed by atoms with E-state index in [1.165, 1.54) is 34.7 Å². The summed E-state index contributed by atoms with van der Waals surface area (Å²) in [6.07, 6.45) is 5.07. The van der Waals surface area contributed by atoms with Crippen molar-refractivity contribution >= 4 is 11.8 Å². The Labute approximate surface area is 208 Å². The number of aliphatic imine (C=N–C) groups is 1. The average molecular weight is 491 g/mol. The molecule has 0 amide bonds. The number of nitrogens with zero attached hydrogens (tertiary/aromatic N) is 5. The van der Waals surface area contributed by atoms with Crippen molar-refractivity contribution in [1.29, 1.82) is 0 Å². The molecule has 0 atom stereocenters. The summed E-state index contributed by atoms with van der Waals surface area (Å²) in [5.74, 6) is -1.62. The quantitative estimate of drug-likeness (QED) is 0.361. The summed E-state index contributed by atoms with van der Waals surface area (Å²) < 4.78 is 34.8. The SMILES string of the molecule is C=C/C(C(=C)c1nncn1-c1cccc(F)c1F)=C(N)\N=C/Cc1ccc(CN2CCOCC2)cc1. The van der Waals surface area contributed by atoms with Crippen molar-refractivity contribution in [3.8, 4) is 5.69 Å². The topological polar surface area (TPSA) is 81.6 Å². The van der Waals surface area contributed by atoms with Gasteiger partial charge in [-0.2, -0.15) is 0 Å². The van der Waals surface area contributed by atoms with Crippen LogP contribution in [-0.2, 0) is 17.7 Å². The molecule has 0 aliphatic carbocycles. The molecular weight excluding hydrogens is 462 g/mol. The highest BCUT2D eigenvalue weighted by molar-refractivity contribution is 5.79. The molecular formula is C27H28F2N6O. The van der Waals surface area contributed by atoms with E-state index in [0.717, 1.165) is 44.5 Å². The lowest BCUT2D eigenvalue weighted by Gasteiger charge is -2.26. The molecule has 0 unspecified atom stereocenters. The van der Waals surface area contributed by atoms with E-state index in [0.29, 0.717) is 17.6 Å². The summed E-state index contributed by atoms with van der Waals surface area (Å²) >= 11 is 0. The van der Waals surface area contributed by atoms with Gasteiger partial charge < -0.3 is 10.5 Å². The van der Waals surface area contributed by atoms with Crippen LogP contribution in [0.1, 0.15) is 17.0 Å². The third-order valence-corrected chi connectivity index (χ3v) is 5.90. The molecule has 1 aromatic heterocycles. The molecule has 3 aromatic rings. The molecule has 186 valence electrons. The number of nitrogens with two attached hydrogens (primary N) is 1. The summed E-state index contributed by atoms with van der Waals surface area (Å²) in [4.78, 5) is 6.73. The molecule has 0 spiro atoms. The van der Waals surface area contributed by atoms with Crippen molar-refractivity contribution in [2.45, 2.75) is 13.0 Å². The Morgan fingerprint density at radius 2 is 1.83 bits per heavy atom. The van der Waals surface area contributed by atoms with Gasteiger partial charge in [0.05, 0.1) is 18.9 Å². The van der Waals surface area contributed by atoms with Crippen LogP contribution < -0.4 is 5.73 Å². The lowest BCUT2D eigenvalue weighted by molar-refractivity contribution is 0.0342. The van der Waals surface area contributed by atoms with E-state index in [1.54, 1.807) is 6.21 Å². The van der Waals surface area contributed by atoms with Crippen LogP contribution in [0.2, 0.25) is 0 Å². The fourth-order valence-corrected chi connectivity index (χ4v) is 3.92. The van der Waals surface area contributed by atoms with E-state index < -0.39 is 11.6 Å². The second kappa shape index (κ2) is 11.7. The van der Waals surface area contributed by atoms with Gasteiger partial charge in [0, 0.05) is 43.4 Å². The molecule has 36 heavy (non-hydrogen) atoms. The minimum absolute atomic E-state index is 0.0429. The summed E-state index contributed by atoms with van der Waals surface area (Å²) in [6, 6.07) is 12.2. The first-order chi connectivity index (χ1) is 17.5. The number of allylic oxidation sites excluding steroid dienone is 3. The first kappa shape index (κ1) is 25.2. The first-order valence-corrected chi connectivity index (χ1v) is 11.5. The Bertz CT molecular complexity index is 1290. The van der Waals surface area contributed by atoms with Gasteiger partial charge in [-0.3, -0.25) is 9.47 Å². The van der Waals surface area contributed by atoms with Crippen molar-refractivity contribution in [2.75, 3.05) is 26.3 Å². The number of morpholine rings is 1. The number of hydrogen-bond acceptors (Lipinski definition) is 6. The largest absolute Gasteiger partial charge is 0.383 e. The van der Waals surface area contributed by atoms with E-state index in [9.17, 15) is 8.78 Å². The fourth-order valence-electron chi connectivity index (χ4n) is 3.92. The number of rotatable bonds is 9. The third-order valence-electron chi connectivity index (χ3n) is 5.90. The van der Waals surface area contributed by atoms with Crippen molar-refractivity contribution in [3.05, 3.63) is 108 Å². The van der Waals surface area contributed by atoms with Crippen LogP contribution in [0.25, 0.3) is 11.3 Å². The molecule has 2 aromatic carbocycles. The second-order valence-corrected chi connectivity index (χ2v) is 8.30. The summed E-state index contributed by atoms with van der Waals surface area (Å²) in [5, 5.41) is 7.85. The number of aromatic nitrogens is 3. The zero-order chi connectivity index (χ0) is 25.5. The maximum atomic E-state index is 14.4. The highest BCUT2D eigenvalue weighted by Crippen LogP contribution is 2.26. The van der Waals surface area contributed by atoms with Gasteiger partial charge in [0.2, 0.25) is 0 Å². The molecule has 0 bridgehead atoms. The van der Waals surface area contributed by atoms with Gasteiger partial charge in [-0.25, -0.2) is 13.8 Å². The van der Waals surface area contributed by atoms with E-state index in [-0.39, 0.29) is 17.3 Å². The predicted molar refractivity (Wildman–Crippen MR) is 136 cm³/mol. The molecule has 0 radical (unpaired) electrons. The van der Waals surface area contributed by atoms with Crippen LogP contribution in [0.15, 0.2) is 84.4 Å². The maximum Gasteiger partial charge on any atom is 0.182 e. The predicted octanol–water partition coefficient (Wildman–Crippen LogP) is 4.06. The van der Waals surface area contributed by atoms with E-state index in [2.05, 4.69) is 57.5 Å². The number of benzene rings is 2. The standard InChI is InChI=1S/C27H28F2N6O/c1-3-22(19(2)27-33-32-18-35(27)24-6-4-5-23(28)25(24)29)26(30)31-12-11-20-7-9-21(10-8-20)17-34-13-15-36-16-14-34/h3-10,12,18H,1-2,11,13-17,30H2/b26-22+,31-12-. The zero-order valence-electron chi connectivity index (χ0n) is 19.9. The minimum Gasteiger partial charge on any atom is -0.383 e. The van der Waals surface area contributed by atoms with Gasteiger partial charge in [0.1, 0.15) is 12.1 Å². The van der Waals surface area contributed by atoms with Gasteiger partial charge in [0.15, 0.2) is 17.5 Å².